The fourth-order valence-corrected chi connectivity index (χ4v) is 2.85. The number of hydrogen-bond donors (Lipinski definition) is 2. The van der Waals surface area contributed by atoms with Crippen LogP contribution in [0, 0.1) is 13.8 Å². The lowest BCUT2D eigenvalue weighted by Gasteiger charge is -2.13. The molecule has 0 aromatic heterocycles. The largest absolute Gasteiger partial charge is 0.508 e. The van der Waals surface area contributed by atoms with Crippen LogP contribution in [0.1, 0.15) is 36.1 Å². The lowest BCUT2D eigenvalue weighted by atomic mass is 9.94. The lowest BCUT2D eigenvalue weighted by molar-refractivity contribution is 0.467. The van der Waals surface area contributed by atoms with E-state index in [1.54, 1.807) is 12.1 Å². The molecule has 2 aromatic rings. The van der Waals surface area contributed by atoms with E-state index >= 15 is 0 Å². The summed E-state index contributed by atoms with van der Waals surface area (Å²) in [5.41, 5.74) is 6.02. The first-order chi connectivity index (χ1) is 9.47. The summed E-state index contributed by atoms with van der Waals surface area (Å²) in [5.74, 6) is 0.665. The summed E-state index contributed by atoms with van der Waals surface area (Å²) in [6.45, 7) is 8.09. The zero-order valence-corrected chi connectivity index (χ0v) is 12.6. The lowest BCUT2D eigenvalue weighted by Crippen LogP contribution is -1.92. The number of benzene rings is 2. The SMILES string of the molecule is CCc1c(C)cc(-c2cc(C)c(CC)c(O)c2)cc1O. The van der Waals surface area contributed by atoms with Crippen molar-refractivity contribution in [2.75, 3.05) is 0 Å². The smallest absolute Gasteiger partial charge is 0.119 e. The Morgan fingerprint density at radius 2 is 1.05 bits per heavy atom. The summed E-state index contributed by atoms with van der Waals surface area (Å²) in [6.07, 6.45) is 1.63. The van der Waals surface area contributed by atoms with E-state index in [2.05, 4.69) is 12.1 Å². The highest BCUT2D eigenvalue weighted by molar-refractivity contribution is 5.70. The van der Waals surface area contributed by atoms with Crippen LogP contribution in [0.4, 0.5) is 0 Å². The van der Waals surface area contributed by atoms with Gasteiger partial charge in [0.05, 0.1) is 0 Å². The van der Waals surface area contributed by atoms with Crippen LogP contribution in [0.2, 0.25) is 0 Å². The zero-order valence-electron chi connectivity index (χ0n) is 12.6. The van der Waals surface area contributed by atoms with Gasteiger partial charge >= 0.3 is 0 Å². The summed E-state index contributed by atoms with van der Waals surface area (Å²) in [5, 5.41) is 20.2. The van der Waals surface area contributed by atoms with Crippen molar-refractivity contribution in [1.29, 1.82) is 0 Å². The van der Waals surface area contributed by atoms with Crippen LogP contribution >= 0.6 is 0 Å². The first-order valence-corrected chi connectivity index (χ1v) is 7.13. The van der Waals surface area contributed by atoms with Crippen LogP contribution in [0.25, 0.3) is 11.1 Å². The average molecular weight is 270 g/mol. The van der Waals surface area contributed by atoms with Gasteiger partial charge in [0.25, 0.3) is 0 Å². The molecule has 0 spiro atoms. The van der Waals surface area contributed by atoms with E-state index in [4.69, 9.17) is 0 Å². The zero-order chi connectivity index (χ0) is 14.9. The molecule has 2 heteroatoms. The second kappa shape index (κ2) is 5.58. The van der Waals surface area contributed by atoms with Crippen molar-refractivity contribution in [3.63, 3.8) is 0 Å². The van der Waals surface area contributed by atoms with E-state index in [0.717, 1.165) is 46.2 Å². The van der Waals surface area contributed by atoms with Gasteiger partial charge in [-0.3, -0.25) is 0 Å². The predicted octanol–water partition coefficient (Wildman–Crippen LogP) is 4.51. The van der Waals surface area contributed by atoms with Gasteiger partial charge in [-0.25, -0.2) is 0 Å². The third-order valence-electron chi connectivity index (χ3n) is 3.94. The van der Waals surface area contributed by atoms with Gasteiger partial charge in [-0.15, -0.1) is 0 Å². The van der Waals surface area contributed by atoms with Crippen LogP contribution in [-0.4, -0.2) is 10.2 Å². The molecule has 0 fully saturated rings. The summed E-state index contributed by atoms with van der Waals surface area (Å²) < 4.78 is 0. The molecule has 0 heterocycles. The van der Waals surface area contributed by atoms with Crippen molar-refractivity contribution in [1.82, 2.24) is 0 Å². The van der Waals surface area contributed by atoms with Crippen LogP contribution in [-0.2, 0) is 12.8 Å². The van der Waals surface area contributed by atoms with Gasteiger partial charge in [-0.2, -0.15) is 0 Å². The third kappa shape index (κ3) is 2.51. The second-order valence-corrected chi connectivity index (χ2v) is 5.29. The number of aryl methyl sites for hydroxylation is 2. The molecule has 0 radical (unpaired) electrons. The number of phenols is 2. The molecule has 2 rings (SSSR count). The van der Waals surface area contributed by atoms with Gasteiger partial charge in [-0.05, 0) is 72.2 Å². The molecule has 20 heavy (non-hydrogen) atoms. The molecule has 106 valence electrons. The van der Waals surface area contributed by atoms with E-state index in [1.165, 1.54) is 0 Å². The number of rotatable bonds is 3. The Morgan fingerprint density at radius 1 is 0.700 bits per heavy atom. The molecule has 0 amide bonds. The molecule has 2 N–H and O–H groups in total. The van der Waals surface area contributed by atoms with Gasteiger partial charge in [-0.1, -0.05) is 26.0 Å². The second-order valence-electron chi connectivity index (χ2n) is 5.29. The first-order valence-electron chi connectivity index (χ1n) is 7.13. The maximum Gasteiger partial charge on any atom is 0.119 e. The topological polar surface area (TPSA) is 40.5 Å². The highest BCUT2D eigenvalue weighted by atomic mass is 16.3. The molecule has 0 aliphatic heterocycles. The molecule has 0 aliphatic rings. The van der Waals surface area contributed by atoms with Crippen LogP contribution in [0.15, 0.2) is 24.3 Å². The maximum absolute atomic E-state index is 10.1. The molecular formula is C18H22O2. The molecule has 0 aliphatic carbocycles. The Hall–Kier alpha value is -1.96. The molecule has 0 unspecified atom stereocenters. The normalized spacial score (nSPS) is 10.8. The molecule has 0 saturated carbocycles. The number of aromatic hydroxyl groups is 2. The molecule has 2 nitrogen and oxygen atoms in total. The van der Waals surface area contributed by atoms with Crippen molar-refractivity contribution in [2.24, 2.45) is 0 Å². The highest BCUT2D eigenvalue weighted by Gasteiger charge is 2.10. The molecule has 0 saturated heterocycles. The van der Waals surface area contributed by atoms with E-state index in [0.29, 0.717) is 11.5 Å². The predicted molar refractivity (Wildman–Crippen MR) is 83.4 cm³/mol. The molecular weight excluding hydrogens is 248 g/mol. The summed E-state index contributed by atoms with van der Waals surface area (Å²) >= 11 is 0. The Morgan fingerprint density at radius 3 is 1.30 bits per heavy atom. The average Bonchev–Trinajstić information content (AvgIpc) is 2.37. The van der Waals surface area contributed by atoms with Gasteiger partial charge < -0.3 is 10.2 Å². The minimum atomic E-state index is 0.333. The molecule has 0 atom stereocenters. The Kier molecular flexibility index (Phi) is 4.03. The summed E-state index contributed by atoms with van der Waals surface area (Å²) in [7, 11) is 0. The number of hydrogen-bond acceptors (Lipinski definition) is 2. The van der Waals surface area contributed by atoms with E-state index < -0.39 is 0 Å². The monoisotopic (exact) mass is 270 g/mol. The minimum Gasteiger partial charge on any atom is -0.508 e. The van der Waals surface area contributed by atoms with Crippen LogP contribution < -0.4 is 0 Å². The third-order valence-corrected chi connectivity index (χ3v) is 3.94. The molecule has 0 bridgehead atoms. The van der Waals surface area contributed by atoms with Crippen LogP contribution in [0.5, 0.6) is 11.5 Å². The van der Waals surface area contributed by atoms with Gasteiger partial charge in [0.2, 0.25) is 0 Å². The van der Waals surface area contributed by atoms with Crippen LogP contribution in [0.3, 0.4) is 0 Å². The van der Waals surface area contributed by atoms with E-state index in [-0.39, 0.29) is 0 Å². The highest BCUT2D eigenvalue weighted by Crippen LogP contribution is 2.34. The van der Waals surface area contributed by atoms with Crippen molar-refractivity contribution >= 4 is 0 Å². The first kappa shape index (κ1) is 14.4. The van der Waals surface area contributed by atoms with E-state index in [1.807, 2.05) is 27.7 Å². The molecule has 2 aromatic carbocycles. The standard InChI is InChI=1S/C18H22O2/c1-5-15-11(3)7-13(9-17(15)19)14-8-12(4)16(6-2)18(20)10-14/h7-10,19-20H,5-6H2,1-4H3. The van der Waals surface area contributed by atoms with Crippen molar-refractivity contribution in [3.8, 4) is 22.6 Å². The Balaban J connectivity index is 2.58. The summed E-state index contributed by atoms with van der Waals surface area (Å²) in [4.78, 5) is 0. The van der Waals surface area contributed by atoms with Crippen molar-refractivity contribution in [3.05, 3.63) is 46.5 Å². The van der Waals surface area contributed by atoms with Crippen molar-refractivity contribution in [2.45, 2.75) is 40.5 Å². The fourth-order valence-electron chi connectivity index (χ4n) is 2.85. The fraction of sp³-hybridized carbons (Fsp3) is 0.333. The maximum atomic E-state index is 10.1. The van der Waals surface area contributed by atoms with E-state index in [9.17, 15) is 10.2 Å². The summed E-state index contributed by atoms with van der Waals surface area (Å²) in [6, 6.07) is 7.70. The van der Waals surface area contributed by atoms with Crippen molar-refractivity contribution < 1.29 is 10.2 Å². The van der Waals surface area contributed by atoms with Gasteiger partial charge in [0.1, 0.15) is 11.5 Å². The number of phenolic OH excluding ortho intramolecular Hbond substituents is 2. The van der Waals surface area contributed by atoms with Gasteiger partial charge in [0.15, 0.2) is 0 Å². The Labute approximate surface area is 120 Å². The quantitative estimate of drug-likeness (QED) is 0.861. The Bertz CT molecular complexity index is 538. The minimum absolute atomic E-state index is 0.333. The van der Waals surface area contributed by atoms with Gasteiger partial charge in [0, 0.05) is 0 Å².